The lowest BCUT2D eigenvalue weighted by atomic mass is 9.99. The van der Waals surface area contributed by atoms with E-state index in [0.29, 0.717) is 5.69 Å². The third-order valence-electron chi connectivity index (χ3n) is 4.57. The van der Waals surface area contributed by atoms with Crippen molar-refractivity contribution in [3.8, 4) is 0 Å². The Labute approximate surface area is 145 Å². The summed E-state index contributed by atoms with van der Waals surface area (Å²) in [6.07, 6.45) is 5.49. The van der Waals surface area contributed by atoms with Gasteiger partial charge in [0.2, 0.25) is 0 Å². The Morgan fingerprint density at radius 2 is 2.04 bits per heavy atom. The average Bonchev–Trinajstić information content (AvgIpc) is 2.64. The van der Waals surface area contributed by atoms with Crippen molar-refractivity contribution in [2.24, 2.45) is 0 Å². The van der Waals surface area contributed by atoms with Crippen LogP contribution in [-0.2, 0) is 0 Å². The fourth-order valence-corrected chi connectivity index (χ4v) is 3.23. The Balaban J connectivity index is 1.82. The molecule has 2 aromatic rings. The van der Waals surface area contributed by atoms with Crippen molar-refractivity contribution in [3.63, 3.8) is 0 Å². The molecule has 1 amide bonds. The van der Waals surface area contributed by atoms with E-state index in [-0.39, 0.29) is 23.3 Å². The maximum Gasteiger partial charge on any atom is 0.272 e. The second-order valence-corrected chi connectivity index (χ2v) is 6.21. The maximum absolute atomic E-state index is 13.8. The zero-order valence-electron chi connectivity index (χ0n) is 14.1. The highest BCUT2D eigenvalue weighted by Crippen LogP contribution is 2.25. The molecular formula is C19H21F2N3O. The Morgan fingerprint density at radius 3 is 2.76 bits per heavy atom. The Kier molecular flexibility index (Phi) is 5.26. The summed E-state index contributed by atoms with van der Waals surface area (Å²) in [4.78, 5) is 18.8. The van der Waals surface area contributed by atoms with Crippen molar-refractivity contribution in [1.82, 2.24) is 9.88 Å². The minimum atomic E-state index is -0.688. The normalized spacial score (nSPS) is 17.4. The molecule has 1 aliphatic rings. The van der Waals surface area contributed by atoms with Gasteiger partial charge in [0.05, 0.1) is 0 Å². The third-order valence-corrected chi connectivity index (χ3v) is 4.57. The van der Waals surface area contributed by atoms with E-state index in [1.54, 1.807) is 6.07 Å². The van der Waals surface area contributed by atoms with Gasteiger partial charge in [-0.25, -0.2) is 8.78 Å². The van der Waals surface area contributed by atoms with Gasteiger partial charge in [0.1, 0.15) is 23.0 Å². The molecule has 1 atom stereocenters. The molecule has 1 saturated heterocycles. The number of anilines is 2. The third kappa shape index (κ3) is 3.78. The van der Waals surface area contributed by atoms with Crippen molar-refractivity contribution in [3.05, 3.63) is 53.9 Å². The topological polar surface area (TPSA) is 45.2 Å². The van der Waals surface area contributed by atoms with Crippen molar-refractivity contribution in [2.45, 2.75) is 38.6 Å². The van der Waals surface area contributed by atoms with Crippen molar-refractivity contribution >= 4 is 17.3 Å². The minimum absolute atomic E-state index is 0.135. The van der Waals surface area contributed by atoms with Gasteiger partial charge in [-0.2, -0.15) is 0 Å². The first-order valence-corrected chi connectivity index (χ1v) is 8.58. The van der Waals surface area contributed by atoms with Crippen LogP contribution >= 0.6 is 0 Å². The van der Waals surface area contributed by atoms with Crippen LogP contribution in [0.5, 0.6) is 0 Å². The highest BCUT2D eigenvalue weighted by atomic mass is 19.1. The Morgan fingerprint density at radius 1 is 1.28 bits per heavy atom. The molecule has 1 aliphatic heterocycles. The number of benzene rings is 1. The zero-order valence-corrected chi connectivity index (χ0v) is 14.1. The van der Waals surface area contributed by atoms with Crippen LogP contribution in [0.1, 0.15) is 43.1 Å². The molecule has 0 saturated carbocycles. The second-order valence-electron chi connectivity index (χ2n) is 6.21. The highest BCUT2D eigenvalue weighted by molar-refractivity contribution is 5.93. The van der Waals surface area contributed by atoms with E-state index in [0.717, 1.165) is 32.2 Å². The highest BCUT2D eigenvalue weighted by Gasteiger charge is 2.27. The first kappa shape index (κ1) is 17.3. The molecule has 1 unspecified atom stereocenters. The first-order valence-electron chi connectivity index (χ1n) is 8.58. The van der Waals surface area contributed by atoms with E-state index in [2.05, 4.69) is 17.2 Å². The van der Waals surface area contributed by atoms with Crippen LogP contribution in [0.15, 0.2) is 36.5 Å². The number of para-hydroxylation sites is 1. The van der Waals surface area contributed by atoms with Gasteiger partial charge in [0, 0.05) is 24.5 Å². The molecule has 1 aromatic carbocycles. The number of likely N-dealkylation sites (tertiary alicyclic amines) is 1. The van der Waals surface area contributed by atoms with Crippen molar-refractivity contribution in [2.75, 3.05) is 11.9 Å². The molecule has 1 fully saturated rings. The lowest BCUT2D eigenvalue weighted by molar-refractivity contribution is 0.0602. The number of hydrogen-bond donors (Lipinski definition) is 1. The zero-order chi connectivity index (χ0) is 17.8. The van der Waals surface area contributed by atoms with Crippen LogP contribution in [0.2, 0.25) is 0 Å². The van der Waals surface area contributed by atoms with Gasteiger partial charge in [-0.3, -0.25) is 9.78 Å². The summed E-state index contributed by atoms with van der Waals surface area (Å²) in [6.45, 7) is 2.79. The number of hydrogen-bond acceptors (Lipinski definition) is 3. The number of aromatic nitrogens is 1. The van der Waals surface area contributed by atoms with Gasteiger partial charge >= 0.3 is 0 Å². The molecule has 0 radical (unpaired) electrons. The summed E-state index contributed by atoms with van der Waals surface area (Å²) in [7, 11) is 0. The van der Waals surface area contributed by atoms with Gasteiger partial charge < -0.3 is 10.2 Å². The van der Waals surface area contributed by atoms with Gasteiger partial charge in [-0.05, 0) is 49.9 Å². The number of pyridine rings is 1. The molecule has 2 heterocycles. The van der Waals surface area contributed by atoms with Gasteiger partial charge in [0.15, 0.2) is 0 Å². The van der Waals surface area contributed by atoms with Crippen LogP contribution in [0.3, 0.4) is 0 Å². The quantitative estimate of drug-likeness (QED) is 0.887. The molecule has 0 spiro atoms. The van der Waals surface area contributed by atoms with Crippen LogP contribution in [0, 0.1) is 11.6 Å². The van der Waals surface area contributed by atoms with Crippen LogP contribution in [0.25, 0.3) is 0 Å². The molecule has 0 bridgehead atoms. The molecular weight excluding hydrogens is 324 g/mol. The summed E-state index contributed by atoms with van der Waals surface area (Å²) in [5, 5.41) is 2.70. The second kappa shape index (κ2) is 7.59. The fourth-order valence-electron chi connectivity index (χ4n) is 3.23. The predicted molar refractivity (Wildman–Crippen MR) is 92.8 cm³/mol. The SMILES string of the molecule is CCC1CCCCN1C(=O)c1cc(Nc2c(F)cccc2F)ccn1. The summed E-state index contributed by atoms with van der Waals surface area (Å²) in [5.74, 6) is -1.51. The Hall–Kier alpha value is -2.50. The van der Waals surface area contributed by atoms with Gasteiger partial charge in [0.25, 0.3) is 5.91 Å². The van der Waals surface area contributed by atoms with Crippen LogP contribution in [0.4, 0.5) is 20.2 Å². The van der Waals surface area contributed by atoms with E-state index in [1.807, 2.05) is 4.90 Å². The van der Waals surface area contributed by atoms with Gasteiger partial charge in [-0.1, -0.05) is 13.0 Å². The van der Waals surface area contributed by atoms with Crippen molar-refractivity contribution < 1.29 is 13.6 Å². The minimum Gasteiger partial charge on any atom is -0.351 e. The fraction of sp³-hybridized carbons (Fsp3) is 0.368. The summed E-state index contributed by atoms with van der Waals surface area (Å²) < 4.78 is 27.6. The number of carbonyl (C=O) groups excluding carboxylic acids is 1. The number of piperidine rings is 1. The molecule has 4 nitrogen and oxygen atoms in total. The number of nitrogens with one attached hydrogen (secondary N) is 1. The average molecular weight is 345 g/mol. The monoisotopic (exact) mass is 345 g/mol. The number of carbonyl (C=O) groups is 1. The smallest absolute Gasteiger partial charge is 0.272 e. The number of nitrogens with zero attached hydrogens (tertiary/aromatic N) is 2. The number of amides is 1. The lowest BCUT2D eigenvalue weighted by Crippen LogP contribution is -2.43. The van der Waals surface area contributed by atoms with Gasteiger partial charge in [-0.15, -0.1) is 0 Å². The van der Waals surface area contributed by atoms with E-state index >= 15 is 0 Å². The molecule has 1 aromatic heterocycles. The summed E-state index contributed by atoms with van der Waals surface area (Å²) in [5.41, 5.74) is 0.464. The van der Waals surface area contributed by atoms with E-state index < -0.39 is 11.6 Å². The molecule has 1 N–H and O–H groups in total. The van der Waals surface area contributed by atoms with E-state index in [4.69, 9.17) is 0 Å². The molecule has 132 valence electrons. The standard InChI is InChI=1S/C19H21F2N3O/c1-2-14-6-3-4-11-24(14)19(25)17-12-13(9-10-22-17)23-18-15(20)7-5-8-16(18)21/h5,7-10,12,14H,2-4,6,11H2,1H3,(H,22,23). The van der Waals surface area contributed by atoms with Crippen LogP contribution < -0.4 is 5.32 Å². The molecule has 0 aliphatic carbocycles. The lowest BCUT2D eigenvalue weighted by Gasteiger charge is -2.35. The molecule has 6 heteroatoms. The summed E-state index contributed by atoms with van der Waals surface area (Å²) >= 11 is 0. The number of rotatable bonds is 4. The van der Waals surface area contributed by atoms with E-state index in [9.17, 15) is 13.6 Å². The summed E-state index contributed by atoms with van der Waals surface area (Å²) in [6, 6.07) is 7.00. The Bertz CT molecular complexity index is 746. The maximum atomic E-state index is 13.8. The largest absolute Gasteiger partial charge is 0.351 e. The van der Waals surface area contributed by atoms with E-state index in [1.165, 1.54) is 30.5 Å². The number of halogens is 2. The predicted octanol–water partition coefficient (Wildman–Crippen LogP) is 4.51. The van der Waals surface area contributed by atoms with Crippen molar-refractivity contribution in [1.29, 1.82) is 0 Å². The molecule has 3 rings (SSSR count). The first-order chi connectivity index (χ1) is 12.1. The van der Waals surface area contributed by atoms with Crippen LogP contribution in [-0.4, -0.2) is 28.4 Å². The molecule has 25 heavy (non-hydrogen) atoms.